The Labute approximate surface area is 109 Å². The summed E-state index contributed by atoms with van der Waals surface area (Å²) in [4.78, 5) is 24.1. The molecule has 0 radical (unpaired) electrons. The Balaban J connectivity index is 2.63. The van der Waals surface area contributed by atoms with Gasteiger partial charge in [0.2, 0.25) is 0 Å². The zero-order valence-electron chi connectivity index (χ0n) is 9.61. The lowest BCUT2D eigenvalue weighted by Gasteiger charge is -2.16. The van der Waals surface area contributed by atoms with E-state index in [1.807, 2.05) is 0 Å². The molecule has 1 saturated heterocycles. The summed E-state index contributed by atoms with van der Waals surface area (Å²) in [5.41, 5.74) is 0.560. The van der Waals surface area contributed by atoms with E-state index in [0.717, 1.165) is 0 Å². The SMILES string of the molecule is C=C(Br)/C=C\C(=C)N1CCC(OC(C)=O)C1=O. The van der Waals surface area contributed by atoms with Gasteiger partial charge in [0.15, 0.2) is 6.10 Å². The molecule has 1 atom stereocenters. The van der Waals surface area contributed by atoms with E-state index in [-0.39, 0.29) is 5.91 Å². The molecular weight excluding hydrogens is 286 g/mol. The van der Waals surface area contributed by atoms with Crippen LogP contribution < -0.4 is 0 Å². The van der Waals surface area contributed by atoms with Crippen LogP contribution in [0.4, 0.5) is 0 Å². The number of nitrogens with zero attached hydrogens (tertiary/aromatic N) is 1. The number of ether oxygens (including phenoxy) is 1. The summed E-state index contributed by atoms with van der Waals surface area (Å²) in [5.74, 6) is -0.671. The second-order valence-corrected chi connectivity index (χ2v) is 4.67. The second-order valence-electron chi connectivity index (χ2n) is 3.65. The van der Waals surface area contributed by atoms with E-state index >= 15 is 0 Å². The minimum atomic E-state index is -0.676. The van der Waals surface area contributed by atoms with Crippen LogP contribution in [0.1, 0.15) is 13.3 Å². The normalized spacial score (nSPS) is 19.8. The van der Waals surface area contributed by atoms with Gasteiger partial charge in [-0.2, -0.15) is 0 Å². The first kappa shape index (κ1) is 13.7. The minimum absolute atomic E-state index is 0.227. The number of hydrogen-bond donors (Lipinski definition) is 0. The molecule has 1 rings (SSSR count). The standard InChI is InChI=1S/C12H14BrNO3/c1-8(13)4-5-9(2)14-7-6-11(12(14)16)17-10(3)15/h4-5,11H,1-2,6-7H2,3H3/b5-4-. The molecule has 1 heterocycles. The van der Waals surface area contributed by atoms with Gasteiger partial charge < -0.3 is 9.64 Å². The van der Waals surface area contributed by atoms with Crippen LogP contribution in [-0.2, 0) is 14.3 Å². The Bertz CT molecular complexity index is 401. The molecule has 1 unspecified atom stereocenters. The van der Waals surface area contributed by atoms with Crippen LogP contribution in [0.25, 0.3) is 0 Å². The van der Waals surface area contributed by atoms with Gasteiger partial charge in [-0.15, -0.1) is 0 Å². The average molecular weight is 300 g/mol. The van der Waals surface area contributed by atoms with Gasteiger partial charge in [-0.3, -0.25) is 9.59 Å². The molecule has 1 amide bonds. The summed E-state index contributed by atoms with van der Waals surface area (Å²) < 4.78 is 5.60. The van der Waals surface area contributed by atoms with Crippen molar-refractivity contribution < 1.29 is 14.3 Å². The number of rotatable bonds is 4. The Morgan fingerprint density at radius 1 is 1.53 bits per heavy atom. The van der Waals surface area contributed by atoms with Crippen molar-refractivity contribution in [2.75, 3.05) is 6.54 Å². The van der Waals surface area contributed by atoms with Gasteiger partial charge in [-0.25, -0.2) is 0 Å². The van der Waals surface area contributed by atoms with Gasteiger partial charge in [0.05, 0.1) is 0 Å². The first-order valence-electron chi connectivity index (χ1n) is 5.12. The Hall–Kier alpha value is -1.36. The highest BCUT2D eigenvalue weighted by Gasteiger charge is 2.34. The summed E-state index contributed by atoms with van der Waals surface area (Å²) in [6.07, 6.45) is 3.21. The van der Waals surface area contributed by atoms with E-state index in [4.69, 9.17) is 4.74 Å². The maximum absolute atomic E-state index is 11.8. The molecule has 5 heteroatoms. The first-order valence-corrected chi connectivity index (χ1v) is 5.91. The summed E-state index contributed by atoms with van der Waals surface area (Å²) in [7, 11) is 0. The van der Waals surface area contributed by atoms with Crippen LogP contribution in [-0.4, -0.2) is 29.4 Å². The number of esters is 1. The zero-order valence-corrected chi connectivity index (χ0v) is 11.2. The number of halogens is 1. The van der Waals surface area contributed by atoms with Crippen molar-refractivity contribution in [3.8, 4) is 0 Å². The topological polar surface area (TPSA) is 46.6 Å². The van der Waals surface area contributed by atoms with E-state index in [9.17, 15) is 9.59 Å². The lowest BCUT2D eigenvalue weighted by Crippen LogP contribution is -2.30. The van der Waals surface area contributed by atoms with Crippen molar-refractivity contribution in [2.45, 2.75) is 19.4 Å². The molecule has 0 saturated carbocycles. The lowest BCUT2D eigenvalue weighted by atomic mass is 10.3. The Morgan fingerprint density at radius 2 is 2.18 bits per heavy atom. The molecule has 0 aliphatic carbocycles. The molecule has 0 bridgehead atoms. The fourth-order valence-electron chi connectivity index (χ4n) is 1.53. The summed E-state index contributed by atoms with van der Waals surface area (Å²) in [6.45, 7) is 9.23. The molecule has 0 aromatic rings. The molecule has 0 N–H and O–H groups in total. The summed E-state index contributed by atoms with van der Waals surface area (Å²) >= 11 is 3.18. The third-order valence-corrected chi connectivity index (χ3v) is 2.53. The Morgan fingerprint density at radius 3 is 2.71 bits per heavy atom. The van der Waals surface area contributed by atoms with Crippen molar-refractivity contribution >= 4 is 27.8 Å². The highest BCUT2D eigenvalue weighted by atomic mass is 79.9. The molecular formula is C12H14BrNO3. The fraction of sp³-hybridized carbons (Fsp3) is 0.333. The molecule has 0 aromatic heterocycles. The molecule has 0 aromatic carbocycles. The highest BCUT2D eigenvalue weighted by Crippen LogP contribution is 2.20. The van der Waals surface area contributed by atoms with E-state index in [0.29, 0.717) is 23.1 Å². The predicted molar refractivity (Wildman–Crippen MR) is 68.2 cm³/mol. The largest absolute Gasteiger partial charge is 0.452 e. The molecule has 1 fully saturated rings. The summed E-state index contributed by atoms with van der Waals surface area (Å²) in [5, 5.41) is 0. The lowest BCUT2D eigenvalue weighted by molar-refractivity contribution is -0.153. The van der Waals surface area contributed by atoms with E-state index in [2.05, 4.69) is 29.1 Å². The monoisotopic (exact) mass is 299 g/mol. The van der Waals surface area contributed by atoms with Crippen molar-refractivity contribution in [2.24, 2.45) is 0 Å². The smallest absolute Gasteiger partial charge is 0.303 e. The second kappa shape index (κ2) is 5.82. The molecule has 1 aliphatic heterocycles. The highest BCUT2D eigenvalue weighted by molar-refractivity contribution is 9.11. The van der Waals surface area contributed by atoms with Crippen LogP contribution >= 0.6 is 15.9 Å². The van der Waals surface area contributed by atoms with Gasteiger partial charge in [-0.1, -0.05) is 29.1 Å². The van der Waals surface area contributed by atoms with Gasteiger partial charge in [0.1, 0.15) is 0 Å². The van der Waals surface area contributed by atoms with E-state index < -0.39 is 12.1 Å². The molecule has 4 nitrogen and oxygen atoms in total. The fourth-order valence-corrected chi connectivity index (χ4v) is 1.66. The van der Waals surface area contributed by atoms with Crippen molar-refractivity contribution in [3.63, 3.8) is 0 Å². The van der Waals surface area contributed by atoms with Gasteiger partial charge in [0, 0.05) is 30.1 Å². The first-order chi connectivity index (χ1) is 7.91. The van der Waals surface area contributed by atoms with Gasteiger partial charge in [0.25, 0.3) is 5.91 Å². The number of likely N-dealkylation sites (tertiary alicyclic amines) is 1. The maximum Gasteiger partial charge on any atom is 0.303 e. The molecule has 0 spiro atoms. The minimum Gasteiger partial charge on any atom is -0.452 e. The maximum atomic E-state index is 11.8. The number of hydrogen-bond acceptors (Lipinski definition) is 3. The van der Waals surface area contributed by atoms with Crippen LogP contribution in [0.2, 0.25) is 0 Å². The Kier molecular flexibility index (Phi) is 4.69. The van der Waals surface area contributed by atoms with Crippen molar-refractivity contribution in [1.82, 2.24) is 4.90 Å². The van der Waals surface area contributed by atoms with Crippen LogP contribution in [0, 0.1) is 0 Å². The number of allylic oxidation sites excluding steroid dienone is 3. The number of amides is 1. The van der Waals surface area contributed by atoms with Crippen LogP contribution in [0.15, 0.2) is 35.5 Å². The zero-order chi connectivity index (χ0) is 13.0. The number of carbonyl (C=O) groups is 2. The van der Waals surface area contributed by atoms with Gasteiger partial charge >= 0.3 is 5.97 Å². The van der Waals surface area contributed by atoms with Crippen molar-refractivity contribution in [3.05, 3.63) is 35.5 Å². The van der Waals surface area contributed by atoms with Crippen LogP contribution in [0.3, 0.4) is 0 Å². The average Bonchev–Trinajstić information content (AvgIpc) is 2.56. The molecule has 17 heavy (non-hydrogen) atoms. The third-order valence-electron chi connectivity index (χ3n) is 2.27. The van der Waals surface area contributed by atoms with Crippen molar-refractivity contribution in [1.29, 1.82) is 0 Å². The van der Waals surface area contributed by atoms with Gasteiger partial charge in [-0.05, 0) is 12.2 Å². The number of carbonyl (C=O) groups excluding carboxylic acids is 2. The predicted octanol–water partition coefficient (Wildman–Crippen LogP) is 2.13. The van der Waals surface area contributed by atoms with E-state index in [1.54, 1.807) is 12.2 Å². The van der Waals surface area contributed by atoms with E-state index in [1.165, 1.54) is 11.8 Å². The van der Waals surface area contributed by atoms with Crippen LogP contribution in [0.5, 0.6) is 0 Å². The third kappa shape index (κ3) is 3.85. The molecule has 92 valence electrons. The quantitative estimate of drug-likeness (QED) is 0.590. The molecule has 1 aliphatic rings. The summed E-state index contributed by atoms with van der Waals surface area (Å²) in [6, 6.07) is 0.